The van der Waals surface area contributed by atoms with Gasteiger partial charge < -0.3 is 15.0 Å². The fourth-order valence-corrected chi connectivity index (χ4v) is 3.43. The number of rotatable bonds is 4. The Hall–Kier alpha value is -1.55. The van der Waals surface area contributed by atoms with E-state index in [0.717, 1.165) is 38.9 Å². The van der Waals surface area contributed by atoms with Gasteiger partial charge in [-0.1, -0.05) is 30.3 Å². The van der Waals surface area contributed by atoms with Gasteiger partial charge in [0.15, 0.2) is 0 Å². The monoisotopic (exact) mass is 302 g/mol. The number of nitrogens with one attached hydrogen (secondary N) is 1. The van der Waals surface area contributed by atoms with Crippen molar-refractivity contribution in [3.8, 4) is 0 Å². The lowest BCUT2D eigenvalue weighted by Crippen LogP contribution is -2.51. The van der Waals surface area contributed by atoms with Crippen LogP contribution in [0.4, 0.5) is 4.79 Å². The maximum atomic E-state index is 12.4. The molecule has 2 aliphatic rings. The molecule has 1 aliphatic heterocycles. The van der Waals surface area contributed by atoms with E-state index in [9.17, 15) is 4.79 Å². The van der Waals surface area contributed by atoms with Gasteiger partial charge in [-0.2, -0.15) is 0 Å². The molecule has 2 amide bonds. The van der Waals surface area contributed by atoms with Gasteiger partial charge >= 0.3 is 6.03 Å². The molecule has 0 spiro atoms. The van der Waals surface area contributed by atoms with E-state index in [1.54, 1.807) is 0 Å². The van der Waals surface area contributed by atoms with E-state index in [4.69, 9.17) is 4.74 Å². The summed E-state index contributed by atoms with van der Waals surface area (Å²) in [5.74, 6) is 0. The van der Waals surface area contributed by atoms with Gasteiger partial charge in [0.1, 0.15) is 0 Å². The first-order valence-electron chi connectivity index (χ1n) is 8.35. The molecule has 1 N–H and O–H groups in total. The lowest BCUT2D eigenvalue weighted by molar-refractivity contribution is 0.0497. The summed E-state index contributed by atoms with van der Waals surface area (Å²) in [6, 6.07) is 11.0. The van der Waals surface area contributed by atoms with Crippen molar-refractivity contribution in [3.05, 3.63) is 35.9 Å². The van der Waals surface area contributed by atoms with Gasteiger partial charge in [-0.15, -0.1) is 0 Å². The van der Waals surface area contributed by atoms with Crippen molar-refractivity contribution in [1.82, 2.24) is 10.2 Å². The van der Waals surface area contributed by atoms with Crippen molar-refractivity contribution in [2.45, 2.75) is 43.6 Å². The van der Waals surface area contributed by atoms with Crippen LogP contribution >= 0.6 is 0 Å². The maximum absolute atomic E-state index is 12.4. The molecule has 0 bridgehead atoms. The molecule has 0 unspecified atom stereocenters. The zero-order valence-corrected chi connectivity index (χ0v) is 13.4. The Labute approximate surface area is 132 Å². The second kappa shape index (κ2) is 6.69. The summed E-state index contributed by atoms with van der Waals surface area (Å²) < 4.78 is 5.54. The van der Waals surface area contributed by atoms with Crippen molar-refractivity contribution in [1.29, 1.82) is 0 Å². The molecule has 3 rings (SSSR count). The molecule has 1 saturated heterocycles. The maximum Gasteiger partial charge on any atom is 0.317 e. The van der Waals surface area contributed by atoms with E-state index in [1.165, 1.54) is 12.0 Å². The standard InChI is InChI=1S/C18H26N2O2/c1-20(16-8-5-9-16)17(21)19-14-18(10-12-22-13-11-18)15-6-3-2-4-7-15/h2-4,6-7,16H,5,8-14H2,1H3,(H,19,21). The first-order chi connectivity index (χ1) is 10.7. The molecule has 1 aromatic rings. The number of amides is 2. The summed E-state index contributed by atoms with van der Waals surface area (Å²) in [6.45, 7) is 2.22. The number of benzene rings is 1. The molecular weight excluding hydrogens is 276 g/mol. The highest BCUT2D eigenvalue weighted by atomic mass is 16.5. The molecular formula is C18H26N2O2. The van der Waals surface area contributed by atoms with E-state index in [-0.39, 0.29) is 11.4 Å². The summed E-state index contributed by atoms with van der Waals surface area (Å²) >= 11 is 0. The van der Waals surface area contributed by atoms with Crippen molar-refractivity contribution in [2.75, 3.05) is 26.8 Å². The van der Waals surface area contributed by atoms with E-state index in [1.807, 2.05) is 18.0 Å². The molecule has 22 heavy (non-hydrogen) atoms. The molecule has 120 valence electrons. The van der Waals surface area contributed by atoms with Crippen molar-refractivity contribution < 1.29 is 9.53 Å². The Morgan fingerprint density at radius 3 is 2.55 bits per heavy atom. The number of urea groups is 1. The average molecular weight is 302 g/mol. The van der Waals surface area contributed by atoms with Crippen molar-refractivity contribution >= 4 is 6.03 Å². The molecule has 1 saturated carbocycles. The predicted molar refractivity (Wildman–Crippen MR) is 87.0 cm³/mol. The highest BCUT2D eigenvalue weighted by Gasteiger charge is 2.35. The highest BCUT2D eigenvalue weighted by Crippen LogP contribution is 2.34. The molecule has 1 aliphatic carbocycles. The predicted octanol–water partition coefficient (Wildman–Crippen LogP) is 2.93. The number of carbonyl (C=O) groups excluding carboxylic acids is 1. The van der Waals surface area contributed by atoms with Crippen LogP contribution in [0.2, 0.25) is 0 Å². The molecule has 0 aromatic heterocycles. The zero-order valence-electron chi connectivity index (χ0n) is 13.4. The zero-order chi connectivity index (χ0) is 15.4. The fraction of sp³-hybridized carbons (Fsp3) is 0.611. The second-order valence-corrected chi connectivity index (χ2v) is 6.61. The Morgan fingerprint density at radius 2 is 1.95 bits per heavy atom. The van der Waals surface area contributed by atoms with Gasteiger partial charge in [-0.05, 0) is 37.7 Å². The highest BCUT2D eigenvalue weighted by molar-refractivity contribution is 5.74. The third kappa shape index (κ3) is 3.12. The van der Waals surface area contributed by atoms with E-state index < -0.39 is 0 Å². The summed E-state index contributed by atoms with van der Waals surface area (Å²) in [4.78, 5) is 14.3. The molecule has 0 radical (unpaired) electrons. The minimum atomic E-state index is 0.00955. The fourth-order valence-electron chi connectivity index (χ4n) is 3.43. The number of carbonyl (C=O) groups is 1. The van der Waals surface area contributed by atoms with Gasteiger partial charge in [0.05, 0.1) is 0 Å². The lowest BCUT2D eigenvalue weighted by Gasteiger charge is -2.39. The summed E-state index contributed by atoms with van der Waals surface area (Å²) in [6.07, 6.45) is 5.45. The molecule has 0 atom stereocenters. The van der Waals surface area contributed by atoms with Crippen LogP contribution in [-0.2, 0) is 10.2 Å². The quantitative estimate of drug-likeness (QED) is 0.929. The number of hydrogen-bond acceptors (Lipinski definition) is 2. The number of nitrogens with zero attached hydrogens (tertiary/aromatic N) is 1. The smallest absolute Gasteiger partial charge is 0.317 e. The van der Waals surface area contributed by atoms with Crippen molar-refractivity contribution in [3.63, 3.8) is 0 Å². The SMILES string of the molecule is CN(C(=O)NCC1(c2ccccc2)CCOCC1)C1CCC1. The normalized spacial score (nSPS) is 21.0. The van der Waals surface area contributed by atoms with E-state index in [0.29, 0.717) is 12.6 Å². The summed E-state index contributed by atoms with van der Waals surface area (Å²) in [7, 11) is 1.92. The van der Waals surface area contributed by atoms with Crippen LogP contribution < -0.4 is 5.32 Å². The average Bonchev–Trinajstić information content (AvgIpc) is 2.52. The molecule has 4 heteroatoms. The lowest BCUT2D eigenvalue weighted by atomic mass is 9.74. The topological polar surface area (TPSA) is 41.6 Å². The van der Waals surface area contributed by atoms with Crippen LogP contribution in [0.1, 0.15) is 37.7 Å². The molecule has 1 heterocycles. The largest absolute Gasteiger partial charge is 0.381 e. The summed E-state index contributed by atoms with van der Waals surface area (Å²) in [5, 5.41) is 3.17. The van der Waals surface area contributed by atoms with E-state index in [2.05, 4.69) is 29.6 Å². The third-order valence-corrected chi connectivity index (χ3v) is 5.36. The van der Waals surface area contributed by atoms with Gasteiger partial charge in [0.2, 0.25) is 0 Å². The Balaban J connectivity index is 1.67. The Morgan fingerprint density at radius 1 is 1.27 bits per heavy atom. The molecule has 2 fully saturated rings. The Kier molecular flexibility index (Phi) is 4.67. The van der Waals surface area contributed by atoms with Crippen LogP contribution in [0.25, 0.3) is 0 Å². The third-order valence-electron chi connectivity index (χ3n) is 5.36. The first-order valence-corrected chi connectivity index (χ1v) is 8.35. The molecule has 1 aromatic carbocycles. The van der Waals surface area contributed by atoms with Crippen LogP contribution in [0, 0.1) is 0 Å². The van der Waals surface area contributed by atoms with Gasteiger partial charge in [-0.3, -0.25) is 0 Å². The first kappa shape index (κ1) is 15.3. The van der Waals surface area contributed by atoms with Gasteiger partial charge in [0.25, 0.3) is 0 Å². The minimum absolute atomic E-state index is 0.00955. The van der Waals surface area contributed by atoms with Gasteiger partial charge in [0, 0.05) is 38.3 Å². The van der Waals surface area contributed by atoms with Crippen LogP contribution in [0.3, 0.4) is 0 Å². The number of hydrogen-bond donors (Lipinski definition) is 1. The van der Waals surface area contributed by atoms with E-state index >= 15 is 0 Å². The Bertz CT molecular complexity index is 493. The number of ether oxygens (including phenoxy) is 1. The summed E-state index contributed by atoms with van der Waals surface area (Å²) in [5.41, 5.74) is 1.32. The van der Waals surface area contributed by atoms with Crippen molar-refractivity contribution in [2.24, 2.45) is 0 Å². The van der Waals surface area contributed by atoms with Crippen LogP contribution in [-0.4, -0.2) is 43.8 Å². The molecule has 4 nitrogen and oxygen atoms in total. The second-order valence-electron chi connectivity index (χ2n) is 6.61. The van der Waals surface area contributed by atoms with Gasteiger partial charge in [-0.25, -0.2) is 4.79 Å². The van der Waals surface area contributed by atoms with Crippen LogP contribution in [0.15, 0.2) is 30.3 Å². The minimum Gasteiger partial charge on any atom is -0.381 e. The van der Waals surface area contributed by atoms with Crippen LogP contribution in [0.5, 0.6) is 0 Å².